The molecule has 3 rings (SSSR count). The van der Waals surface area contributed by atoms with Crippen molar-refractivity contribution in [2.45, 2.75) is 39.0 Å². The number of benzene rings is 2. The Balaban J connectivity index is 1.53. The van der Waals surface area contributed by atoms with Crippen molar-refractivity contribution in [3.8, 4) is 0 Å². The molecule has 4 nitrogen and oxygen atoms in total. The van der Waals surface area contributed by atoms with Crippen molar-refractivity contribution < 1.29 is 4.79 Å². The minimum Gasteiger partial charge on any atom is -0.376 e. The quantitative estimate of drug-likeness (QED) is 0.782. The third kappa shape index (κ3) is 4.78. The van der Waals surface area contributed by atoms with Crippen molar-refractivity contribution in [1.82, 2.24) is 0 Å². The highest BCUT2D eigenvalue weighted by atomic mass is 16.1. The molecule has 1 saturated heterocycles. The SMILES string of the molecule is CC(C)c1ccccc1NC(=O)CNc1ccc(N2CCCCC2)cc1. The molecule has 0 spiro atoms. The lowest BCUT2D eigenvalue weighted by atomic mass is 10.0. The number of carbonyl (C=O) groups excluding carboxylic acids is 1. The van der Waals surface area contributed by atoms with Gasteiger partial charge in [-0.1, -0.05) is 32.0 Å². The van der Waals surface area contributed by atoms with Crippen molar-refractivity contribution in [2.75, 3.05) is 35.2 Å². The summed E-state index contributed by atoms with van der Waals surface area (Å²) in [5, 5.41) is 6.23. The van der Waals surface area contributed by atoms with Gasteiger partial charge < -0.3 is 15.5 Å². The molecule has 1 amide bonds. The number of amides is 1. The summed E-state index contributed by atoms with van der Waals surface area (Å²) >= 11 is 0. The molecule has 0 saturated carbocycles. The normalized spacial score (nSPS) is 14.3. The second-order valence-electron chi connectivity index (χ2n) is 7.24. The van der Waals surface area contributed by atoms with Crippen molar-refractivity contribution in [2.24, 2.45) is 0 Å². The molecule has 0 atom stereocenters. The van der Waals surface area contributed by atoms with E-state index in [1.165, 1.54) is 24.9 Å². The first-order valence-electron chi connectivity index (χ1n) is 9.61. The zero-order valence-electron chi connectivity index (χ0n) is 15.8. The predicted octanol–water partition coefficient (Wildman–Crippen LogP) is 4.85. The first-order chi connectivity index (χ1) is 12.6. The molecule has 2 aromatic rings. The van der Waals surface area contributed by atoms with Crippen LogP contribution in [-0.4, -0.2) is 25.5 Å². The van der Waals surface area contributed by atoms with E-state index < -0.39 is 0 Å². The van der Waals surface area contributed by atoms with Crippen LogP contribution in [-0.2, 0) is 4.79 Å². The van der Waals surface area contributed by atoms with E-state index in [-0.39, 0.29) is 12.5 Å². The van der Waals surface area contributed by atoms with E-state index >= 15 is 0 Å². The summed E-state index contributed by atoms with van der Waals surface area (Å²) in [6, 6.07) is 16.4. The molecule has 1 heterocycles. The fourth-order valence-corrected chi connectivity index (χ4v) is 3.43. The third-order valence-electron chi connectivity index (χ3n) is 4.90. The Morgan fingerprint density at radius 3 is 2.38 bits per heavy atom. The lowest BCUT2D eigenvalue weighted by molar-refractivity contribution is -0.114. The maximum Gasteiger partial charge on any atom is 0.243 e. The van der Waals surface area contributed by atoms with Crippen LogP contribution in [0.1, 0.15) is 44.6 Å². The van der Waals surface area contributed by atoms with Gasteiger partial charge in [-0.3, -0.25) is 4.79 Å². The van der Waals surface area contributed by atoms with Gasteiger partial charge in [-0.25, -0.2) is 0 Å². The second kappa shape index (κ2) is 8.75. The molecule has 2 aromatic carbocycles. The highest BCUT2D eigenvalue weighted by Crippen LogP contribution is 2.24. The molecule has 0 bridgehead atoms. The lowest BCUT2D eigenvalue weighted by Crippen LogP contribution is -2.29. The standard InChI is InChI=1S/C22H29N3O/c1-17(2)20-8-4-5-9-21(20)24-22(26)16-23-18-10-12-19(13-11-18)25-14-6-3-7-15-25/h4-5,8-13,17,23H,3,6-7,14-16H2,1-2H3,(H,24,26). The van der Waals surface area contributed by atoms with Crippen LogP contribution in [0.2, 0.25) is 0 Å². The van der Waals surface area contributed by atoms with Crippen LogP contribution in [0.3, 0.4) is 0 Å². The van der Waals surface area contributed by atoms with Gasteiger partial charge in [-0.15, -0.1) is 0 Å². The van der Waals surface area contributed by atoms with Crippen LogP contribution in [0, 0.1) is 0 Å². The maximum absolute atomic E-state index is 12.3. The van der Waals surface area contributed by atoms with Crippen molar-refractivity contribution >= 4 is 23.0 Å². The Labute approximate surface area is 156 Å². The monoisotopic (exact) mass is 351 g/mol. The van der Waals surface area contributed by atoms with Crippen LogP contribution in [0.4, 0.5) is 17.1 Å². The van der Waals surface area contributed by atoms with E-state index in [2.05, 4.69) is 59.7 Å². The Kier molecular flexibility index (Phi) is 6.16. The molecule has 4 heteroatoms. The van der Waals surface area contributed by atoms with E-state index in [1.807, 2.05) is 18.2 Å². The minimum absolute atomic E-state index is 0.0294. The fraction of sp³-hybridized carbons (Fsp3) is 0.409. The van der Waals surface area contributed by atoms with Gasteiger partial charge >= 0.3 is 0 Å². The second-order valence-corrected chi connectivity index (χ2v) is 7.24. The van der Waals surface area contributed by atoms with Gasteiger partial charge in [-0.2, -0.15) is 0 Å². The van der Waals surface area contributed by atoms with E-state index in [4.69, 9.17) is 0 Å². The van der Waals surface area contributed by atoms with E-state index in [0.717, 1.165) is 30.0 Å². The maximum atomic E-state index is 12.3. The first-order valence-corrected chi connectivity index (χ1v) is 9.61. The number of rotatable bonds is 6. The molecule has 0 aliphatic carbocycles. The van der Waals surface area contributed by atoms with E-state index in [9.17, 15) is 4.79 Å². The topological polar surface area (TPSA) is 44.4 Å². The van der Waals surface area contributed by atoms with Crippen LogP contribution < -0.4 is 15.5 Å². The molecule has 0 radical (unpaired) electrons. The summed E-state index contributed by atoms with van der Waals surface area (Å²) in [4.78, 5) is 14.7. The number of nitrogens with zero attached hydrogens (tertiary/aromatic N) is 1. The summed E-state index contributed by atoms with van der Waals surface area (Å²) in [6.45, 7) is 6.81. The lowest BCUT2D eigenvalue weighted by Gasteiger charge is -2.28. The molecule has 0 aromatic heterocycles. The van der Waals surface area contributed by atoms with Crippen LogP contribution in [0.5, 0.6) is 0 Å². The zero-order chi connectivity index (χ0) is 18.4. The molecule has 138 valence electrons. The highest BCUT2D eigenvalue weighted by molar-refractivity contribution is 5.94. The fourth-order valence-electron chi connectivity index (χ4n) is 3.43. The first kappa shape index (κ1) is 18.3. The third-order valence-corrected chi connectivity index (χ3v) is 4.90. The molecule has 1 fully saturated rings. The number of nitrogens with one attached hydrogen (secondary N) is 2. The Hall–Kier alpha value is -2.49. The average molecular weight is 351 g/mol. The summed E-state index contributed by atoms with van der Waals surface area (Å²) in [5.41, 5.74) is 4.30. The molecule has 0 unspecified atom stereocenters. The predicted molar refractivity (Wildman–Crippen MR) is 110 cm³/mol. The summed E-state index contributed by atoms with van der Waals surface area (Å²) < 4.78 is 0. The van der Waals surface area contributed by atoms with Gasteiger partial charge in [0.1, 0.15) is 0 Å². The van der Waals surface area contributed by atoms with Crippen LogP contribution >= 0.6 is 0 Å². The molecule has 2 N–H and O–H groups in total. The molecular weight excluding hydrogens is 322 g/mol. The molecule has 26 heavy (non-hydrogen) atoms. The number of piperidine rings is 1. The molecular formula is C22H29N3O. The number of para-hydroxylation sites is 1. The van der Waals surface area contributed by atoms with E-state index in [1.54, 1.807) is 0 Å². The van der Waals surface area contributed by atoms with Gasteiger partial charge in [0.2, 0.25) is 5.91 Å². The summed E-state index contributed by atoms with van der Waals surface area (Å²) in [6.07, 6.45) is 3.89. The Morgan fingerprint density at radius 2 is 1.69 bits per heavy atom. The summed E-state index contributed by atoms with van der Waals surface area (Å²) in [7, 11) is 0. The van der Waals surface area contributed by atoms with E-state index in [0.29, 0.717) is 5.92 Å². The highest BCUT2D eigenvalue weighted by Gasteiger charge is 2.11. The largest absolute Gasteiger partial charge is 0.376 e. The smallest absolute Gasteiger partial charge is 0.243 e. The number of hydrogen-bond donors (Lipinski definition) is 2. The number of carbonyl (C=O) groups is 1. The zero-order valence-corrected chi connectivity index (χ0v) is 15.8. The van der Waals surface area contributed by atoms with Crippen LogP contribution in [0.25, 0.3) is 0 Å². The van der Waals surface area contributed by atoms with Gasteiger partial charge in [-0.05, 0) is 61.1 Å². The Morgan fingerprint density at radius 1 is 1.00 bits per heavy atom. The van der Waals surface area contributed by atoms with Crippen molar-refractivity contribution in [3.63, 3.8) is 0 Å². The minimum atomic E-state index is -0.0294. The van der Waals surface area contributed by atoms with Gasteiger partial charge in [0, 0.05) is 30.2 Å². The molecule has 1 aliphatic heterocycles. The average Bonchev–Trinajstić information content (AvgIpc) is 2.68. The van der Waals surface area contributed by atoms with Gasteiger partial charge in [0.05, 0.1) is 6.54 Å². The van der Waals surface area contributed by atoms with Crippen molar-refractivity contribution in [3.05, 3.63) is 54.1 Å². The van der Waals surface area contributed by atoms with Gasteiger partial charge in [0.15, 0.2) is 0 Å². The number of hydrogen-bond acceptors (Lipinski definition) is 3. The van der Waals surface area contributed by atoms with Crippen molar-refractivity contribution in [1.29, 1.82) is 0 Å². The summed E-state index contributed by atoms with van der Waals surface area (Å²) in [5.74, 6) is 0.347. The van der Waals surface area contributed by atoms with Crippen LogP contribution in [0.15, 0.2) is 48.5 Å². The molecule has 1 aliphatic rings. The number of anilines is 3. The Bertz CT molecular complexity index is 718. The van der Waals surface area contributed by atoms with Gasteiger partial charge in [0.25, 0.3) is 0 Å².